The number of alkyl halides is 3. The Hall–Kier alpha value is -1.32. The maximum atomic E-state index is 12.7. The summed E-state index contributed by atoms with van der Waals surface area (Å²) in [5.41, 5.74) is -1.15. The van der Waals surface area contributed by atoms with E-state index in [4.69, 9.17) is 11.6 Å². The highest BCUT2D eigenvalue weighted by molar-refractivity contribution is 7.89. The molecule has 22 heavy (non-hydrogen) atoms. The molecule has 1 rings (SSSR count). The number of halogens is 4. The number of benzene rings is 1. The summed E-state index contributed by atoms with van der Waals surface area (Å²) in [5.74, 6) is -0.549. The highest BCUT2D eigenvalue weighted by Gasteiger charge is 2.33. The molecule has 1 aromatic rings. The molecule has 5 nitrogen and oxygen atoms in total. The van der Waals surface area contributed by atoms with Crippen molar-refractivity contribution in [2.75, 3.05) is 14.1 Å². The van der Waals surface area contributed by atoms with E-state index in [1.165, 1.54) is 21.0 Å². The quantitative estimate of drug-likeness (QED) is 0.896. The SMILES string of the molecule is C[C@@H](NS(=O)(=O)c1cc(C(F)(F)F)ccc1Cl)C(=O)N(C)C. The first-order valence-corrected chi connectivity index (χ1v) is 7.82. The van der Waals surface area contributed by atoms with Gasteiger partial charge in [0.2, 0.25) is 15.9 Å². The summed E-state index contributed by atoms with van der Waals surface area (Å²) >= 11 is 5.67. The van der Waals surface area contributed by atoms with Crippen LogP contribution < -0.4 is 4.72 Å². The predicted octanol–water partition coefficient (Wildman–Crippen LogP) is 2.11. The number of nitrogens with zero attached hydrogens (tertiary/aromatic N) is 1. The van der Waals surface area contributed by atoms with E-state index < -0.39 is 38.6 Å². The summed E-state index contributed by atoms with van der Waals surface area (Å²) in [5, 5.41) is -0.370. The Bertz CT molecular complexity index is 675. The monoisotopic (exact) mass is 358 g/mol. The third kappa shape index (κ3) is 4.34. The Labute approximate surface area is 131 Å². The lowest BCUT2D eigenvalue weighted by atomic mass is 10.2. The van der Waals surface area contributed by atoms with Crippen LogP contribution in [0.4, 0.5) is 13.2 Å². The largest absolute Gasteiger partial charge is 0.416 e. The third-order valence-electron chi connectivity index (χ3n) is 2.69. The van der Waals surface area contributed by atoms with Crippen LogP contribution in [0.15, 0.2) is 23.1 Å². The molecule has 1 N–H and O–H groups in total. The maximum absolute atomic E-state index is 12.7. The number of rotatable bonds is 4. The lowest BCUT2D eigenvalue weighted by Gasteiger charge is -2.19. The van der Waals surface area contributed by atoms with E-state index in [1.54, 1.807) is 0 Å². The van der Waals surface area contributed by atoms with Gasteiger partial charge < -0.3 is 4.90 Å². The normalized spacial score (nSPS) is 13.8. The summed E-state index contributed by atoms with van der Waals surface area (Å²) in [6.45, 7) is 1.28. The molecule has 0 radical (unpaired) electrons. The second kappa shape index (κ2) is 6.43. The Balaban J connectivity index is 3.21. The summed E-state index contributed by atoms with van der Waals surface area (Å²) in [6.07, 6.45) is -4.71. The molecule has 0 heterocycles. The van der Waals surface area contributed by atoms with E-state index in [1.807, 2.05) is 4.72 Å². The number of carbonyl (C=O) groups excluding carboxylic acids is 1. The van der Waals surface area contributed by atoms with Crippen molar-refractivity contribution in [3.05, 3.63) is 28.8 Å². The van der Waals surface area contributed by atoms with Gasteiger partial charge in [0, 0.05) is 14.1 Å². The summed E-state index contributed by atoms with van der Waals surface area (Å²) in [7, 11) is -1.54. The topological polar surface area (TPSA) is 66.5 Å². The lowest BCUT2D eigenvalue weighted by molar-refractivity contribution is -0.137. The molecule has 0 fully saturated rings. The van der Waals surface area contributed by atoms with Gasteiger partial charge in [-0.25, -0.2) is 8.42 Å². The number of carbonyl (C=O) groups is 1. The van der Waals surface area contributed by atoms with Crippen LogP contribution in [0.2, 0.25) is 5.02 Å². The zero-order chi connectivity index (χ0) is 17.3. The van der Waals surface area contributed by atoms with E-state index in [2.05, 4.69) is 0 Å². The summed E-state index contributed by atoms with van der Waals surface area (Å²) in [4.78, 5) is 12.1. The minimum atomic E-state index is -4.71. The molecule has 10 heteroatoms. The van der Waals surface area contributed by atoms with Gasteiger partial charge in [-0.3, -0.25) is 4.79 Å². The number of likely N-dealkylation sites (N-methyl/N-ethyl adjacent to an activating group) is 1. The number of nitrogens with one attached hydrogen (secondary N) is 1. The van der Waals surface area contributed by atoms with Crippen LogP contribution in [0.5, 0.6) is 0 Å². The van der Waals surface area contributed by atoms with Crippen LogP contribution in [-0.2, 0) is 21.0 Å². The number of hydrogen-bond acceptors (Lipinski definition) is 3. The molecule has 0 unspecified atom stereocenters. The molecular formula is C12H14ClF3N2O3S. The van der Waals surface area contributed by atoms with Crippen molar-refractivity contribution in [2.45, 2.75) is 24.0 Å². The molecule has 0 saturated carbocycles. The predicted molar refractivity (Wildman–Crippen MR) is 74.9 cm³/mol. The van der Waals surface area contributed by atoms with Gasteiger partial charge in [-0.1, -0.05) is 11.6 Å². The first-order valence-electron chi connectivity index (χ1n) is 5.96. The van der Waals surface area contributed by atoms with Crippen molar-refractivity contribution in [1.82, 2.24) is 9.62 Å². The van der Waals surface area contributed by atoms with Gasteiger partial charge >= 0.3 is 6.18 Å². The first-order chi connectivity index (χ1) is 9.86. The molecule has 1 amide bonds. The fourth-order valence-corrected chi connectivity index (χ4v) is 3.34. The highest BCUT2D eigenvalue weighted by atomic mass is 35.5. The number of amides is 1. The first kappa shape index (κ1) is 18.7. The standard InChI is InChI=1S/C12H14ClF3N2O3S/c1-7(11(19)18(2)3)17-22(20,21)10-6-8(12(14,15)16)4-5-9(10)13/h4-7,17H,1-3H3/t7-/m1/s1. The molecule has 0 aromatic heterocycles. The van der Waals surface area contributed by atoms with Gasteiger partial charge in [0.15, 0.2) is 0 Å². The zero-order valence-corrected chi connectivity index (χ0v) is 13.5. The molecule has 0 bridgehead atoms. The molecule has 1 aromatic carbocycles. The second-order valence-corrected chi connectivity index (χ2v) is 6.81. The maximum Gasteiger partial charge on any atom is 0.416 e. The Morgan fingerprint density at radius 3 is 2.32 bits per heavy atom. The fraction of sp³-hybridized carbons (Fsp3) is 0.417. The second-order valence-electron chi connectivity index (χ2n) is 4.72. The van der Waals surface area contributed by atoms with Crippen LogP contribution in [0.3, 0.4) is 0 Å². The Kier molecular flexibility index (Phi) is 5.47. The molecule has 0 aliphatic rings. The van der Waals surface area contributed by atoms with Gasteiger partial charge in [0.25, 0.3) is 0 Å². The van der Waals surface area contributed by atoms with Crippen LogP contribution in [0, 0.1) is 0 Å². The molecule has 0 saturated heterocycles. The number of hydrogen-bond donors (Lipinski definition) is 1. The molecule has 0 aliphatic heterocycles. The average molecular weight is 359 g/mol. The van der Waals surface area contributed by atoms with Crippen molar-refractivity contribution < 1.29 is 26.4 Å². The number of sulfonamides is 1. The van der Waals surface area contributed by atoms with Crippen molar-refractivity contribution >= 4 is 27.5 Å². The molecule has 124 valence electrons. The lowest BCUT2D eigenvalue weighted by Crippen LogP contribution is -2.44. The van der Waals surface area contributed by atoms with Gasteiger partial charge in [-0.05, 0) is 25.1 Å². The minimum absolute atomic E-state index is 0.370. The van der Waals surface area contributed by atoms with Crippen molar-refractivity contribution in [1.29, 1.82) is 0 Å². The summed E-state index contributed by atoms with van der Waals surface area (Å²) < 4.78 is 64.3. The van der Waals surface area contributed by atoms with Crippen LogP contribution >= 0.6 is 11.6 Å². The fourth-order valence-electron chi connectivity index (χ4n) is 1.62. The average Bonchev–Trinajstić information content (AvgIpc) is 2.35. The van der Waals surface area contributed by atoms with Crippen molar-refractivity contribution in [3.8, 4) is 0 Å². The van der Waals surface area contributed by atoms with Gasteiger partial charge in [0.05, 0.1) is 16.6 Å². The Morgan fingerprint density at radius 2 is 1.86 bits per heavy atom. The zero-order valence-electron chi connectivity index (χ0n) is 11.9. The third-order valence-corrected chi connectivity index (χ3v) is 4.71. The van der Waals surface area contributed by atoms with Crippen molar-refractivity contribution in [3.63, 3.8) is 0 Å². The van der Waals surface area contributed by atoms with Crippen LogP contribution in [0.25, 0.3) is 0 Å². The molecular weight excluding hydrogens is 345 g/mol. The summed E-state index contributed by atoms with van der Waals surface area (Å²) in [6, 6.07) is 0.801. The van der Waals surface area contributed by atoms with E-state index >= 15 is 0 Å². The van der Waals surface area contributed by atoms with Gasteiger partial charge in [0.1, 0.15) is 4.90 Å². The minimum Gasteiger partial charge on any atom is -0.347 e. The van der Waals surface area contributed by atoms with E-state index in [0.29, 0.717) is 12.1 Å². The van der Waals surface area contributed by atoms with E-state index in [-0.39, 0.29) is 5.02 Å². The van der Waals surface area contributed by atoms with E-state index in [0.717, 1.165) is 11.0 Å². The molecule has 1 atom stereocenters. The molecule has 0 spiro atoms. The van der Waals surface area contributed by atoms with Crippen LogP contribution in [-0.4, -0.2) is 39.4 Å². The Morgan fingerprint density at radius 1 is 1.32 bits per heavy atom. The smallest absolute Gasteiger partial charge is 0.347 e. The van der Waals surface area contributed by atoms with Crippen molar-refractivity contribution in [2.24, 2.45) is 0 Å². The van der Waals surface area contributed by atoms with E-state index in [9.17, 15) is 26.4 Å². The van der Waals surface area contributed by atoms with Gasteiger partial charge in [-0.15, -0.1) is 0 Å². The molecule has 0 aliphatic carbocycles. The highest BCUT2D eigenvalue weighted by Crippen LogP contribution is 2.33. The van der Waals surface area contributed by atoms with Gasteiger partial charge in [-0.2, -0.15) is 17.9 Å². The van der Waals surface area contributed by atoms with Crippen LogP contribution in [0.1, 0.15) is 12.5 Å².